The molecule has 6 heteroatoms. The molecule has 0 spiro atoms. The first-order valence-electron chi connectivity index (χ1n) is 5.37. The van der Waals surface area contributed by atoms with Crippen LogP contribution in [0.1, 0.15) is 13.3 Å². The average Bonchev–Trinajstić information content (AvgIpc) is 2.55. The third kappa shape index (κ3) is 2.33. The van der Waals surface area contributed by atoms with Crippen molar-refractivity contribution < 1.29 is 19.4 Å². The zero-order chi connectivity index (χ0) is 13.3. The normalized spacial score (nSPS) is 23.0. The van der Waals surface area contributed by atoms with Gasteiger partial charge >= 0.3 is 12.1 Å². The topological polar surface area (TPSA) is 66.8 Å². The zero-order valence-electron chi connectivity index (χ0n) is 9.72. The van der Waals surface area contributed by atoms with Gasteiger partial charge in [0.2, 0.25) is 0 Å². The Morgan fingerprint density at radius 3 is 2.67 bits per heavy atom. The van der Waals surface area contributed by atoms with Gasteiger partial charge in [-0.25, -0.2) is 4.79 Å². The predicted molar refractivity (Wildman–Crippen MR) is 68.6 cm³/mol. The van der Waals surface area contributed by atoms with Crippen LogP contribution in [0.4, 0.5) is 10.5 Å². The summed E-state index contributed by atoms with van der Waals surface area (Å²) in [6.07, 6.45) is -0.671. The van der Waals surface area contributed by atoms with E-state index in [1.807, 2.05) is 0 Å². The summed E-state index contributed by atoms with van der Waals surface area (Å²) in [5, 5.41) is 8.93. The smallest absolute Gasteiger partial charge is 0.415 e. The lowest BCUT2D eigenvalue weighted by Crippen LogP contribution is -2.46. The second kappa shape index (κ2) is 4.61. The molecule has 1 aromatic carbocycles. The number of anilines is 1. The summed E-state index contributed by atoms with van der Waals surface area (Å²) in [4.78, 5) is 24.0. The molecule has 1 saturated heterocycles. The van der Waals surface area contributed by atoms with Crippen LogP contribution in [0.3, 0.4) is 0 Å². The maximum atomic E-state index is 11.8. The highest BCUT2D eigenvalue weighted by atomic mass is 79.9. The highest BCUT2D eigenvalue weighted by Crippen LogP contribution is 2.33. The highest BCUT2D eigenvalue weighted by molar-refractivity contribution is 9.10. The number of carboxylic acids is 1. The van der Waals surface area contributed by atoms with Gasteiger partial charge in [0.25, 0.3) is 0 Å². The number of ether oxygens (including phenoxy) is 1. The lowest BCUT2D eigenvalue weighted by atomic mass is 9.97. The number of aliphatic carboxylic acids is 1. The molecular formula is C12H12BrNO4. The Morgan fingerprint density at radius 1 is 1.50 bits per heavy atom. The largest absolute Gasteiger partial charge is 0.481 e. The molecular weight excluding hydrogens is 302 g/mol. The number of halogens is 1. The van der Waals surface area contributed by atoms with Gasteiger partial charge in [-0.2, -0.15) is 0 Å². The number of carboxylic acid groups (broad SMARTS) is 1. The SMILES string of the molecule is CC1(CC(=O)O)COC(=O)N1c1ccc(Br)cc1. The molecule has 2 rings (SSSR count). The summed E-state index contributed by atoms with van der Waals surface area (Å²) in [6, 6.07) is 7.08. The van der Waals surface area contributed by atoms with E-state index in [1.54, 1.807) is 31.2 Å². The Bertz CT molecular complexity index is 487. The van der Waals surface area contributed by atoms with Gasteiger partial charge < -0.3 is 9.84 Å². The van der Waals surface area contributed by atoms with Crippen molar-refractivity contribution in [1.29, 1.82) is 0 Å². The van der Waals surface area contributed by atoms with Crippen molar-refractivity contribution in [2.45, 2.75) is 18.9 Å². The molecule has 1 heterocycles. The van der Waals surface area contributed by atoms with Gasteiger partial charge in [-0.3, -0.25) is 9.69 Å². The first-order valence-corrected chi connectivity index (χ1v) is 6.16. The number of hydrogen-bond acceptors (Lipinski definition) is 3. The molecule has 1 N–H and O–H groups in total. The summed E-state index contributed by atoms with van der Waals surface area (Å²) in [7, 11) is 0. The summed E-state index contributed by atoms with van der Waals surface area (Å²) in [6.45, 7) is 1.78. The summed E-state index contributed by atoms with van der Waals surface area (Å²) in [5.74, 6) is -0.960. The maximum Gasteiger partial charge on any atom is 0.415 e. The fraction of sp³-hybridized carbons (Fsp3) is 0.333. The predicted octanol–water partition coefficient (Wildman–Crippen LogP) is 2.64. The molecule has 0 saturated carbocycles. The fourth-order valence-corrected chi connectivity index (χ4v) is 2.29. The first-order chi connectivity index (χ1) is 8.42. The Hall–Kier alpha value is -1.56. The molecule has 1 fully saturated rings. The van der Waals surface area contributed by atoms with E-state index in [9.17, 15) is 9.59 Å². The van der Waals surface area contributed by atoms with Crippen molar-refractivity contribution >= 4 is 33.7 Å². The molecule has 0 radical (unpaired) electrons. The van der Waals surface area contributed by atoms with Gasteiger partial charge in [0.05, 0.1) is 12.0 Å². The first kappa shape index (κ1) is 12.9. The molecule has 0 aliphatic carbocycles. The summed E-state index contributed by atoms with van der Waals surface area (Å²) >= 11 is 3.31. The molecule has 1 unspecified atom stereocenters. The molecule has 1 aliphatic heterocycles. The van der Waals surface area contributed by atoms with Crippen molar-refractivity contribution in [3.8, 4) is 0 Å². The van der Waals surface area contributed by atoms with E-state index in [1.165, 1.54) is 4.90 Å². The van der Waals surface area contributed by atoms with Gasteiger partial charge in [0, 0.05) is 10.2 Å². The van der Waals surface area contributed by atoms with Crippen LogP contribution < -0.4 is 4.90 Å². The Morgan fingerprint density at radius 2 is 2.11 bits per heavy atom. The third-order valence-electron chi connectivity index (χ3n) is 2.85. The van der Waals surface area contributed by atoms with Crippen molar-refractivity contribution in [2.24, 2.45) is 0 Å². The number of amides is 1. The van der Waals surface area contributed by atoms with Gasteiger partial charge in [-0.05, 0) is 31.2 Å². The van der Waals surface area contributed by atoms with E-state index in [4.69, 9.17) is 9.84 Å². The van der Waals surface area contributed by atoms with E-state index in [-0.39, 0.29) is 13.0 Å². The van der Waals surface area contributed by atoms with Crippen LogP contribution >= 0.6 is 15.9 Å². The van der Waals surface area contributed by atoms with Gasteiger partial charge in [-0.15, -0.1) is 0 Å². The minimum absolute atomic E-state index is 0.0776. The Labute approximate surface area is 112 Å². The van der Waals surface area contributed by atoms with Gasteiger partial charge in [0.1, 0.15) is 6.61 Å². The average molecular weight is 314 g/mol. The van der Waals surface area contributed by atoms with Crippen LogP contribution in [-0.4, -0.2) is 29.3 Å². The summed E-state index contributed by atoms with van der Waals surface area (Å²) < 4.78 is 5.87. The quantitative estimate of drug-likeness (QED) is 0.931. The monoisotopic (exact) mass is 313 g/mol. The number of cyclic esters (lactones) is 1. The van der Waals surface area contributed by atoms with Crippen molar-refractivity contribution in [3.63, 3.8) is 0 Å². The molecule has 0 bridgehead atoms. The van der Waals surface area contributed by atoms with Crippen LogP contribution in [-0.2, 0) is 9.53 Å². The lowest BCUT2D eigenvalue weighted by molar-refractivity contribution is -0.138. The Balaban J connectivity index is 2.35. The molecule has 0 aromatic heterocycles. The second-order valence-corrected chi connectivity index (χ2v) is 5.35. The maximum absolute atomic E-state index is 11.8. The van der Waals surface area contributed by atoms with Crippen LogP contribution in [0.25, 0.3) is 0 Å². The van der Waals surface area contributed by atoms with Crippen molar-refractivity contribution in [2.75, 3.05) is 11.5 Å². The molecule has 1 atom stereocenters. The lowest BCUT2D eigenvalue weighted by Gasteiger charge is -2.30. The van der Waals surface area contributed by atoms with E-state index in [0.29, 0.717) is 5.69 Å². The van der Waals surface area contributed by atoms with E-state index >= 15 is 0 Å². The number of carbonyl (C=O) groups excluding carboxylic acids is 1. The molecule has 1 amide bonds. The zero-order valence-corrected chi connectivity index (χ0v) is 11.3. The molecule has 1 aliphatic rings. The number of rotatable bonds is 3. The molecule has 1 aromatic rings. The van der Waals surface area contributed by atoms with Gasteiger partial charge in [0.15, 0.2) is 0 Å². The standard InChI is InChI=1S/C12H12BrNO4/c1-12(6-10(15)16)7-18-11(17)14(12)9-4-2-8(13)3-5-9/h2-5H,6-7H2,1H3,(H,15,16). The molecule has 18 heavy (non-hydrogen) atoms. The van der Waals surface area contributed by atoms with E-state index in [0.717, 1.165) is 4.47 Å². The van der Waals surface area contributed by atoms with Crippen molar-refractivity contribution in [1.82, 2.24) is 0 Å². The number of carbonyl (C=O) groups is 2. The minimum atomic E-state index is -0.960. The number of nitrogens with zero attached hydrogens (tertiary/aromatic N) is 1. The van der Waals surface area contributed by atoms with Crippen molar-refractivity contribution in [3.05, 3.63) is 28.7 Å². The molecule has 5 nitrogen and oxygen atoms in total. The summed E-state index contributed by atoms with van der Waals surface area (Å²) in [5.41, 5.74) is -0.221. The Kier molecular flexibility index (Phi) is 3.30. The third-order valence-corrected chi connectivity index (χ3v) is 3.37. The number of hydrogen-bond donors (Lipinski definition) is 1. The van der Waals surface area contributed by atoms with Gasteiger partial charge in [-0.1, -0.05) is 15.9 Å². The van der Waals surface area contributed by atoms with Crippen LogP contribution in [0.2, 0.25) is 0 Å². The highest BCUT2D eigenvalue weighted by Gasteiger charge is 2.46. The second-order valence-electron chi connectivity index (χ2n) is 4.43. The van der Waals surface area contributed by atoms with E-state index in [2.05, 4.69) is 15.9 Å². The fourth-order valence-electron chi connectivity index (χ4n) is 2.03. The van der Waals surface area contributed by atoms with Crippen LogP contribution in [0.5, 0.6) is 0 Å². The number of benzene rings is 1. The van der Waals surface area contributed by atoms with Crippen LogP contribution in [0, 0.1) is 0 Å². The van der Waals surface area contributed by atoms with E-state index < -0.39 is 17.6 Å². The minimum Gasteiger partial charge on any atom is -0.481 e. The van der Waals surface area contributed by atoms with Crippen LogP contribution in [0.15, 0.2) is 28.7 Å². The molecule has 96 valence electrons.